The number of para-hydroxylation sites is 2. The molecule has 0 bridgehead atoms. The van der Waals surface area contributed by atoms with Crippen LogP contribution in [-0.4, -0.2) is 25.3 Å². The third-order valence-electron chi connectivity index (χ3n) is 2.51. The van der Waals surface area contributed by atoms with Gasteiger partial charge in [-0.25, -0.2) is 0 Å². The van der Waals surface area contributed by atoms with Crippen LogP contribution in [0, 0.1) is 0 Å². The highest BCUT2D eigenvalue weighted by Crippen LogP contribution is 2.26. The van der Waals surface area contributed by atoms with E-state index >= 15 is 0 Å². The van der Waals surface area contributed by atoms with Crippen molar-refractivity contribution in [3.8, 4) is 11.5 Å². The van der Waals surface area contributed by atoms with Crippen molar-refractivity contribution in [2.24, 2.45) is 0 Å². The summed E-state index contributed by atoms with van der Waals surface area (Å²) in [4.78, 5) is 0. The van der Waals surface area contributed by atoms with Gasteiger partial charge in [-0.05, 0) is 39.8 Å². The van der Waals surface area contributed by atoms with Crippen LogP contribution in [0.5, 0.6) is 11.5 Å². The zero-order valence-corrected chi connectivity index (χ0v) is 12.0. The summed E-state index contributed by atoms with van der Waals surface area (Å²) in [5.74, 6) is 1.68. The molecule has 0 atom stereocenters. The first-order chi connectivity index (χ1) is 8.53. The normalized spacial score (nSPS) is 11.3. The van der Waals surface area contributed by atoms with E-state index in [0.29, 0.717) is 12.1 Å². The molecule has 1 rings (SSSR count). The highest BCUT2D eigenvalue weighted by molar-refractivity contribution is 5.39. The van der Waals surface area contributed by atoms with Gasteiger partial charge in [0.05, 0.1) is 25.3 Å². The van der Waals surface area contributed by atoms with Crippen LogP contribution in [0.2, 0.25) is 0 Å². The van der Waals surface area contributed by atoms with Gasteiger partial charge in [-0.2, -0.15) is 0 Å². The number of quaternary nitrogens is 1. The second kappa shape index (κ2) is 7.27. The van der Waals surface area contributed by atoms with E-state index in [1.807, 2.05) is 31.2 Å². The Morgan fingerprint density at radius 3 is 2.22 bits per heavy atom. The van der Waals surface area contributed by atoms with E-state index in [1.54, 1.807) is 0 Å². The monoisotopic (exact) mass is 252 g/mol. The predicted octanol–water partition coefficient (Wildman–Crippen LogP) is 2.22. The Morgan fingerprint density at radius 2 is 1.67 bits per heavy atom. The SMILES string of the molecule is CCOc1ccccc1OCCC[NH2+]C(C)(C)C. The molecular weight excluding hydrogens is 226 g/mol. The van der Waals surface area contributed by atoms with Gasteiger partial charge in [0.25, 0.3) is 0 Å². The molecule has 0 unspecified atom stereocenters. The smallest absolute Gasteiger partial charge is 0.161 e. The summed E-state index contributed by atoms with van der Waals surface area (Å²) in [7, 11) is 0. The lowest BCUT2D eigenvalue weighted by Crippen LogP contribution is -2.94. The van der Waals surface area contributed by atoms with Gasteiger partial charge >= 0.3 is 0 Å². The maximum Gasteiger partial charge on any atom is 0.161 e. The average Bonchev–Trinajstić information content (AvgIpc) is 2.29. The molecule has 0 saturated carbocycles. The molecule has 0 aliphatic heterocycles. The second-order valence-corrected chi connectivity index (χ2v) is 5.44. The van der Waals surface area contributed by atoms with Crippen LogP contribution in [0.1, 0.15) is 34.1 Å². The first-order valence-electron chi connectivity index (χ1n) is 6.72. The third kappa shape index (κ3) is 5.92. The van der Waals surface area contributed by atoms with Gasteiger partial charge in [0.1, 0.15) is 0 Å². The number of hydrogen-bond donors (Lipinski definition) is 1. The van der Waals surface area contributed by atoms with E-state index in [9.17, 15) is 0 Å². The zero-order valence-electron chi connectivity index (χ0n) is 12.0. The van der Waals surface area contributed by atoms with E-state index in [4.69, 9.17) is 9.47 Å². The Morgan fingerprint density at radius 1 is 1.06 bits per heavy atom. The van der Waals surface area contributed by atoms with Gasteiger partial charge in [0.15, 0.2) is 11.5 Å². The molecule has 0 aliphatic carbocycles. The fourth-order valence-electron chi connectivity index (χ4n) is 1.64. The van der Waals surface area contributed by atoms with Gasteiger partial charge in [0.2, 0.25) is 0 Å². The molecule has 3 heteroatoms. The molecule has 2 N–H and O–H groups in total. The Kier molecular flexibility index (Phi) is 5.99. The van der Waals surface area contributed by atoms with Crippen molar-refractivity contribution in [1.82, 2.24) is 0 Å². The van der Waals surface area contributed by atoms with Crippen LogP contribution >= 0.6 is 0 Å². The lowest BCUT2D eigenvalue weighted by Gasteiger charge is -2.17. The van der Waals surface area contributed by atoms with E-state index in [0.717, 1.165) is 31.1 Å². The minimum absolute atomic E-state index is 0.295. The first-order valence-corrected chi connectivity index (χ1v) is 6.72. The van der Waals surface area contributed by atoms with Crippen molar-refractivity contribution in [2.45, 2.75) is 39.7 Å². The molecule has 0 aromatic heterocycles. The van der Waals surface area contributed by atoms with E-state index in [1.165, 1.54) is 0 Å². The summed E-state index contributed by atoms with van der Waals surface area (Å²) in [6.07, 6.45) is 1.04. The quantitative estimate of drug-likeness (QED) is 0.755. The fourth-order valence-corrected chi connectivity index (χ4v) is 1.64. The Hall–Kier alpha value is -1.22. The topological polar surface area (TPSA) is 35.1 Å². The average molecular weight is 252 g/mol. The third-order valence-corrected chi connectivity index (χ3v) is 2.51. The standard InChI is InChI=1S/C15H25NO2/c1-5-17-13-9-6-7-10-14(13)18-12-8-11-16-15(2,3)4/h6-7,9-10,16H,5,8,11-12H2,1-4H3/p+1. The lowest BCUT2D eigenvalue weighted by molar-refractivity contribution is -0.717. The molecule has 0 radical (unpaired) electrons. The summed E-state index contributed by atoms with van der Waals surface area (Å²) < 4.78 is 11.3. The lowest BCUT2D eigenvalue weighted by atomic mass is 10.1. The summed E-state index contributed by atoms with van der Waals surface area (Å²) >= 11 is 0. The molecular formula is C15H26NO2+. The van der Waals surface area contributed by atoms with Crippen LogP contribution in [-0.2, 0) is 0 Å². The van der Waals surface area contributed by atoms with E-state index in [-0.39, 0.29) is 0 Å². The van der Waals surface area contributed by atoms with E-state index < -0.39 is 0 Å². The summed E-state index contributed by atoms with van der Waals surface area (Å²) in [5, 5.41) is 2.34. The molecule has 3 nitrogen and oxygen atoms in total. The van der Waals surface area contributed by atoms with Crippen LogP contribution in [0.25, 0.3) is 0 Å². The highest BCUT2D eigenvalue weighted by Gasteiger charge is 2.11. The Bertz CT molecular complexity index is 345. The van der Waals surface area contributed by atoms with Crippen molar-refractivity contribution >= 4 is 0 Å². The number of hydrogen-bond acceptors (Lipinski definition) is 2. The van der Waals surface area contributed by atoms with Crippen molar-refractivity contribution in [1.29, 1.82) is 0 Å². The molecule has 18 heavy (non-hydrogen) atoms. The maximum atomic E-state index is 5.76. The fraction of sp³-hybridized carbons (Fsp3) is 0.600. The Labute approximate surface area is 110 Å². The van der Waals surface area contributed by atoms with Crippen molar-refractivity contribution < 1.29 is 14.8 Å². The Balaban J connectivity index is 2.31. The molecule has 1 aromatic carbocycles. The van der Waals surface area contributed by atoms with Crippen LogP contribution in [0.15, 0.2) is 24.3 Å². The molecule has 0 aliphatic rings. The summed E-state index contributed by atoms with van der Waals surface area (Å²) in [5.41, 5.74) is 0.295. The van der Waals surface area contributed by atoms with Crippen LogP contribution in [0.3, 0.4) is 0 Å². The predicted molar refractivity (Wildman–Crippen MR) is 74.3 cm³/mol. The second-order valence-electron chi connectivity index (χ2n) is 5.44. The largest absolute Gasteiger partial charge is 0.490 e. The van der Waals surface area contributed by atoms with Gasteiger partial charge in [-0.3, -0.25) is 0 Å². The van der Waals surface area contributed by atoms with Crippen molar-refractivity contribution in [2.75, 3.05) is 19.8 Å². The number of nitrogens with two attached hydrogens (primary N) is 1. The van der Waals surface area contributed by atoms with Crippen molar-refractivity contribution in [3.63, 3.8) is 0 Å². The molecule has 1 aromatic rings. The summed E-state index contributed by atoms with van der Waals surface area (Å²) in [6.45, 7) is 11.1. The van der Waals surface area contributed by atoms with Gasteiger partial charge < -0.3 is 14.8 Å². The highest BCUT2D eigenvalue weighted by atomic mass is 16.5. The van der Waals surface area contributed by atoms with Crippen LogP contribution in [0.4, 0.5) is 0 Å². The van der Waals surface area contributed by atoms with Gasteiger partial charge in [-0.15, -0.1) is 0 Å². The summed E-state index contributed by atoms with van der Waals surface area (Å²) in [6, 6.07) is 7.84. The minimum Gasteiger partial charge on any atom is -0.490 e. The maximum absolute atomic E-state index is 5.76. The number of benzene rings is 1. The minimum atomic E-state index is 0.295. The molecule has 0 spiro atoms. The number of rotatable bonds is 7. The van der Waals surface area contributed by atoms with E-state index in [2.05, 4.69) is 26.1 Å². The first kappa shape index (κ1) is 14.8. The van der Waals surface area contributed by atoms with Gasteiger partial charge in [0, 0.05) is 6.42 Å². The molecule has 0 amide bonds. The van der Waals surface area contributed by atoms with Gasteiger partial charge in [-0.1, -0.05) is 12.1 Å². The molecule has 0 saturated heterocycles. The van der Waals surface area contributed by atoms with Crippen LogP contribution < -0.4 is 14.8 Å². The number of ether oxygens (including phenoxy) is 2. The molecule has 102 valence electrons. The molecule has 0 heterocycles. The van der Waals surface area contributed by atoms with Crippen molar-refractivity contribution in [3.05, 3.63) is 24.3 Å². The zero-order chi connectivity index (χ0) is 13.4. The molecule has 0 fully saturated rings.